The number of nitrogens with zero attached hydrogens (tertiary/aromatic N) is 1. The van der Waals surface area contributed by atoms with E-state index in [-0.39, 0.29) is 18.2 Å². The molecule has 178 valence electrons. The van der Waals surface area contributed by atoms with Crippen LogP contribution in [0.1, 0.15) is 89.5 Å². The molecule has 3 rings (SSSR count). The molecule has 0 saturated carbocycles. The van der Waals surface area contributed by atoms with Gasteiger partial charge in [0.1, 0.15) is 24.2 Å². The van der Waals surface area contributed by atoms with Gasteiger partial charge in [-0.25, -0.2) is 4.79 Å². The number of carbonyl (C=O) groups is 1. The van der Waals surface area contributed by atoms with Crippen molar-refractivity contribution in [3.05, 3.63) is 41.7 Å². The van der Waals surface area contributed by atoms with Gasteiger partial charge in [-0.1, -0.05) is 83.3 Å². The van der Waals surface area contributed by atoms with Crippen molar-refractivity contribution in [2.24, 2.45) is 0 Å². The topological polar surface area (TPSA) is 48.0 Å². The fourth-order valence-corrected chi connectivity index (χ4v) is 4.58. The Morgan fingerprint density at radius 2 is 1.59 bits per heavy atom. The van der Waals surface area contributed by atoms with E-state index in [9.17, 15) is 4.79 Å². The van der Waals surface area contributed by atoms with Gasteiger partial charge in [0.2, 0.25) is 0 Å². The SMILES string of the molecule is CCCCCCCCCCCCC/C=C1/OC[C@H]2[C@@H]1OC(=O)N2Cc1ccc(OC)cc1. The van der Waals surface area contributed by atoms with E-state index < -0.39 is 0 Å². The zero-order valence-electron chi connectivity index (χ0n) is 20.0. The van der Waals surface area contributed by atoms with E-state index >= 15 is 0 Å². The van der Waals surface area contributed by atoms with Crippen molar-refractivity contribution in [1.82, 2.24) is 4.90 Å². The van der Waals surface area contributed by atoms with Crippen molar-refractivity contribution >= 4 is 6.09 Å². The second-order valence-corrected chi connectivity index (χ2v) is 9.09. The Bertz CT molecular complexity index is 715. The summed E-state index contributed by atoms with van der Waals surface area (Å²) < 4.78 is 16.8. The van der Waals surface area contributed by atoms with E-state index in [4.69, 9.17) is 14.2 Å². The highest BCUT2D eigenvalue weighted by Gasteiger charge is 2.48. The van der Waals surface area contributed by atoms with Crippen LogP contribution in [0, 0.1) is 0 Å². The summed E-state index contributed by atoms with van der Waals surface area (Å²) in [5, 5.41) is 0. The van der Waals surface area contributed by atoms with Crippen LogP contribution >= 0.6 is 0 Å². The average Bonchev–Trinajstić information content (AvgIpc) is 3.34. The molecule has 0 aromatic heterocycles. The van der Waals surface area contributed by atoms with Crippen LogP contribution < -0.4 is 4.74 Å². The van der Waals surface area contributed by atoms with Crippen LogP contribution in [-0.2, 0) is 16.0 Å². The molecule has 2 aliphatic rings. The second-order valence-electron chi connectivity index (χ2n) is 9.09. The van der Waals surface area contributed by atoms with Crippen LogP contribution in [0.4, 0.5) is 4.79 Å². The Kier molecular flexibility index (Phi) is 10.2. The van der Waals surface area contributed by atoms with Crippen LogP contribution in [0.3, 0.4) is 0 Å². The van der Waals surface area contributed by atoms with Gasteiger partial charge in [0.25, 0.3) is 0 Å². The van der Waals surface area contributed by atoms with Crippen molar-refractivity contribution in [3.8, 4) is 5.75 Å². The quantitative estimate of drug-likeness (QED) is 0.274. The Balaban J connectivity index is 1.32. The van der Waals surface area contributed by atoms with Crippen molar-refractivity contribution in [2.75, 3.05) is 13.7 Å². The minimum atomic E-state index is -0.256. The number of allylic oxidation sites excluding steroid dienone is 1. The van der Waals surface area contributed by atoms with Crippen LogP contribution in [0.5, 0.6) is 5.75 Å². The van der Waals surface area contributed by atoms with E-state index in [0.717, 1.165) is 23.5 Å². The molecular weight excluding hydrogens is 402 g/mol. The average molecular weight is 444 g/mol. The first kappa shape index (κ1) is 24.5. The highest BCUT2D eigenvalue weighted by molar-refractivity contribution is 5.71. The molecule has 0 unspecified atom stereocenters. The van der Waals surface area contributed by atoms with Crippen LogP contribution in [0.2, 0.25) is 0 Å². The van der Waals surface area contributed by atoms with Gasteiger partial charge in [0.05, 0.1) is 7.11 Å². The molecular formula is C27H41NO4. The first-order chi connectivity index (χ1) is 15.7. The molecule has 32 heavy (non-hydrogen) atoms. The van der Waals surface area contributed by atoms with Crippen LogP contribution in [0.25, 0.3) is 0 Å². The number of rotatable bonds is 15. The first-order valence-electron chi connectivity index (χ1n) is 12.7. The second kappa shape index (κ2) is 13.4. The molecule has 2 atom stereocenters. The summed E-state index contributed by atoms with van der Waals surface area (Å²) in [6, 6.07) is 7.77. The largest absolute Gasteiger partial charge is 0.497 e. The third-order valence-electron chi connectivity index (χ3n) is 6.58. The summed E-state index contributed by atoms with van der Waals surface area (Å²) in [5.74, 6) is 1.65. The molecule has 0 bridgehead atoms. The third-order valence-corrected chi connectivity index (χ3v) is 6.58. The number of benzene rings is 1. The molecule has 1 amide bonds. The lowest BCUT2D eigenvalue weighted by Crippen LogP contribution is -2.35. The smallest absolute Gasteiger partial charge is 0.411 e. The molecule has 2 saturated heterocycles. The lowest BCUT2D eigenvalue weighted by Gasteiger charge is -2.18. The maximum atomic E-state index is 12.4. The van der Waals surface area contributed by atoms with Gasteiger partial charge >= 0.3 is 6.09 Å². The Labute approximate surface area is 194 Å². The summed E-state index contributed by atoms with van der Waals surface area (Å²) in [6.07, 6.45) is 17.4. The molecule has 0 N–H and O–H groups in total. The third kappa shape index (κ3) is 7.18. The fraction of sp³-hybridized carbons (Fsp3) is 0.667. The van der Waals surface area contributed by atoms with Gasteiger partial charge in [-0.3, -0.25) is 4.90 Å². The van der Waals surface area contributed by atoms with Crippen LogP contribution in [0.15, 0.2) is 36.1 Å². The lowest BCUT2D eigenvalue weighted by atomic mass is 10.0. The van der Waals surface area contributed by atoms with Crippen molar-refractivity contribution < 1.29 is 19.0 Å². The number of amides is 1. The number of hydrogen-bond donors (Lipinski definition) is 0. The van der Waals surface area contributed by atoms with Gasteiger partial charge in [0.15, 0.2) is 6.10 Å². The van der Waals surface area contributed by atoms with E-state index in [1.165, 1.54) is 70.6 Å². The molecule has 1 aromatic carbocycles. The first-order valence-corrected chi connectivity index (χ1v) is 12.7. The van der Waals surface area contributed by atoms with Crippen molar-refractivity contribution in [2.45, 2.75) is 103 Å². The maximum absolute atomic E-state index is 12.4. The highest BCUT2D eigenvalue weighted by atomic mass is 16.6. The Hall–Kier alpha value is -2.17. The zero-order valence-corrected chi connectivity index (χ0v) is 20.0. The minimum Gasteiger partial charge on any atom is -0.497 e. The standard InChI is InChI=1S/C27H41NO4/c1-3-4-5-6-7-8-9-10-11-12-13-14-15-25-26-24(21-31-25)28(27(29)32-26)20-22-16-18-23(30-2)19-17-22/h15-19,24,26H,3-14,20-21H2,1-2H3/b25-15+/t24-,26-/m0/s1. The van der Waals surface area contributed by atoms with Crippen LogP contribution in [-0.4, -0.2) is 36.9 Å². The molecule has 0 spiro atoms. The number of unbranched alkanes of at least 4 members (excludes halogenated alkanes) is 11. The van der Waals surface area contributed by atoms with Crippen molar-refractivity contribution in [1.29, 1.82) is 0 Å². The van der Waals surface area contributed by atoms with E-state index in [2.05, 4.69) is 13.0 Å². The molecule has 2 aliphatic heterocycles. The molecule has 2 fully saturated rings. The predicted molar refractivity (Wildman–Crippen MR) is 128 cm³/mol. The number of hydrogen-bond acceptors (Lipinski definition) is 4. The molecule has 0 aliphatic carbocycles. The summed E-state index contributed by atoms with van der Waals surface area (Å²) in [4.78, 5) is 14.2. The fourth-order valence-electron chi connectivity index (χ4n) is 4.58. The molecule has 1 aromatic rings. The number of carbonyl (C=O) groups excluding carboxylic acids is 1. The van der Waals surface area contributed by atoms with E-state index in [1.54, 1.807) is 12.0 Å². The van der Waals surface area contributed by atoms with Gasteiger partial charge in [0, 0.05) is 6.54 Å². The molecule has 5 nitrogen and oxygen atoms in total. The predicted octanol–water partition coefficient (Wildman–Crippen LogP) is 7.00. The minimum absolute atomic E-state index is 0.0341. The summed E-state index contributed by atoms with van der Waals surface area (Å²) in [5.41, 5.74) is 1.06. The summed E-state index contributed by atoms with van der Waals surface area (Å²) in [7, 11) is 1.65. The molecule has 2 heterocycles. The van der Waals surface area contributed by atoms with Gasteiger partial charge < -0.3 is 14.2 Å². The number of ether oxygens (including phenoxy) is 3. The molecule has 5 heteroatoms. The maximum Gasteiger partial charge on any atom is 0.411 e. The molecule has 0 radical (unpaired) electrons. The normalized spacial score (nSPS) is 21.0. The van der Waals surface area contributed by atoms with E-state index in [0.29, 0.717) is 13.2 Å². The zero-order chi connectivity index (χ0) is 22.6. The highest BCUT2D eigenvalue weighted by Crippen LogP contribution is 2.33. The summed E-state index contributed by atoms with van der Waals surface area (Å²) in [6.45, 7) is 3.31. The van der Waals surface area contributed by atoms with Gasteiger partial charge in [-0.15, -0.1) is 0 Å². The number of methoxy groups -OCH3 is 1. The van der Waals surface area contributed by atoms with Gasteiger partial charge in [-0.2, -0.15) is 0 Å². The monoisotopic (exact) mass is 443 g/mol. The summed E-state index contributed by atoms with van der Waals surface area (Å²) >= 11 is 0. The Morgan fingerprint density at radius 3 is 2.22 bits per heavy atom. The van der Waals surface area contributed by atoms with Crippen molar-refractivity contribution in [3.63, 3.8) is 0 Å². The lowest BCUT2D eigenvalue weighted by molar-refractivity contribution is 0.118. The number of fused-ring (bicyclic) bond motifs is 1. The van der Waals surface area contributed by atoms with Gasteiger partial charge in [-0.05, 0) is 36.6 Å². The van der Waals surface area contributed by atoms with E-state index in [1.807, 2.05) is 24.3 Å². The Morgan fingerprint density at radius 1 is 0.969 bits per heavy atom.